The molecule has 6 nitrogen and oxygen atoms in total. The number of rotatable bonds is 5. The van der Waals surface area contributed by atoms with Crippen LogP contribution < -0.4 is 9.47 Å². The molecule has 0 amide bonds. The molecule has 0 aliphatic carbocycles. The fraction of sp³-hybridized carbons (Fsp3) is 0.118. The van der Waals surface area contributed by atoms with Crippen molar-refractivity contribution in [3.8, 4) is 22.9 Å². The van der Waals surface area contributed by atoms with Gasteiger partial charge in [-0.3, -0.25) is 0 Å². The zero-order valence-electron chi connectivity index (χ0n) is 13.6. The van der Waals surface area contributed by atoms with Crippen LogP contribution in [0.5, 0.6) is 11.5 Å². The summed E-state index contributed by atoms with van der Waals surface area (Å²) in [5, 5.41) is 11.5. The molecule has 8 heteroatoms. The molecule has 2 aromatic carbocycles. The molecule has 0 aliphatic heterocycles. The highest BCUT2D eigenvalue weighted by atomic mass is 79.9. The number of aromatic nitrogens is 3. The lowest BCUT2D eigenvalue weighted by atomic mass is 10.2. The van der Waals surface area contributed by atoms with Gasteiger partial charge in [0.25, 0.3) is 0 Å². The number of halogens is 1. The summed E-state index contributed by atoms with van der Waals surface area (Å²) < 4.78 is 13.4. The predicted molar refractivity (Wildman–Crippen MR) is 103 cm³/mol. The number of para-hydroxylation sites is 1. The molecule has 1 aromatic heterocycles. The van der Waals surface area contributed by atoms with Crippen molar-refractivity contribution in [2.45, 2.75) is 0 Å². The molecule has 0 saturated heterocycles. The minimum Gasteiger partial charge on any atom is -0.496 e. The molecule has 0 bridgehead atoms. The van der Waals surface area contributed by atoms with Crippen molar-refractivity contribution in [2.75, 3.05) is 14.2 Å². The van der Waals surface area contributed by atoms with Crippen LogP contribution in [0.4, 0.5) is 0 Å². The Labute approximate surface area is 158 Å². The summed E-state index contributed by atoms with van der Waals surface area (Å²) in [7, 11) is 3.24. The monoisotopic (exact) mass is 418 g/mol. The van der Waals surface area contributed by atoms with E-state index in [0.717, 1.165) is 21.3 Å². The summed E-state index contributed by atoms with van der Waals surface area (Å²) >= 11 is 8.76. The van der Waals surface area contributed by atoms with Gasteiger partial charge >= 0.3 is 0 Å². The molecule has 0 unspecified atom stereocenters. The van der Waals surface area contributed by atoms with Crippen LogP contribution in [0.2, 0.25) is 0 Å². The zero-order chi connectivity index (χ0) is 17.8. The highest BCUT2D eigenvalue weighted by Gasteiger charge is 2.12. The first-order valence-electron chi connectivity index (χ1n) is 7.32. The SMILES string of the molecule is COc1ccc(/C=N/n2c(-c3ccccc3OC)n[nH]c2=S)cc1Br. The Balaban J connectivity index is 2.00. The van der Waals surface area contributed by atoms with Crippen molar-refractivity contribution in [3.05, 3.63) is 57.3 Å². The Bertz CT molecular complexity index is 981. The van der Waals surface area contributed by atoms with E-state index in [2.05, 4.69) is 31.2 Å². The highest BCUT2D eigenvalue weighted by molar-refractivity contribution is 9.10. The Morgan fingerprint density at radius 2 is 1.92 bits per heavy atom. The summed E-state index contributed by atoms with van der Waals surface area (Å²) in [4.78, 5) is 0. The van der Waals surface area contributed by atoms with Crippen molar-refractivity contribution in [1.29, 1.82) is 0 Å². The number of hydrogen-bond acceptors (Lipinski definition) is 5. The molecule has 0 atom stereocenters. The van der Waals surface area contributed by atoms with Crippen molar-refractivity contribution in [1.82, 2.24) is 14.9 Å². The van der Waals surface area contributed by atoms with E-state index in [0.29, 0.717) is 16.3 Å². The van der Waals surface area contributed by atoms with Crippen molar-refractivity contribution < 1.29 is 9.47 Å². The largest absolute Gasteiger partial charge is 0.496 e. The van der Waals surface area contributed by atoms with Gasteiger partial charge < -0.3 is 9.47 Å². The Kier molecular flexibility index (Phi) is 5.30. The minimum atomic E-state index is 0.393. The highest BCUT2D eigenvalue weighted by Crippen LogP contribution is 2.28. The fourth-order valence-electron chi connectivity index (χ4n) is 2.29. The van der Waals surface area contributed by atoms with Gasteiger partial charge in [0.05, 0.1) is 30.5 Å². The van der Waals surface area contributed by atoms with E-state index in [-0.39, 0.29) is 0 Å². The van der Waals surface area contributed by atoms with Gasteiger partial charge in [-0.05, 0) is 64.0 Å². The molecule has 1 N–H and O–H groups in total. The van der Waals surface area contributed by atoms with E-state index >= 15 is 0 Å². The van der Waals surface area contributed by atoms with E-state index in [1.54, 1.807) is 25.1 Å². The van der Waals surface area contributed by atoms with E-state index in [1.807, 2.05) is 42.5 Å². The maximum atomic E-state index is 5.39. The van der Waals surface area contributed by atoms with Gasteiger partial charge in [-0.25, -0.2) is 5.10 Å². The van der Waals surface area contributed by atoms with Crippen LogP contribution >= 0.6 is 28.1 Å². The van der Waals surface area contributed by atoms with Crippen molar-refractivity contribution in [3.63, 3.8) is 0 Å². The number of ether oxygens (including phenoxy) is 2. The van der Waals surface area contributed by atoms with Crippen LogP contribution in [-0.2, 0) is 0 Å². The molecule has 25 heavy (non-hydrogen) atoms. The third kappa shape index (κ3) is 3.64. The number of nitrogens with zero attached hydrogens (tertiary/aromatic N) is 3. The second kappa shape index (κ2) is 7.62. The normalized spacial score (nSPS) is 11.0. The number of benzene rings is 2. The Morgan fingerprint density at radius 3 is 2.64 bits per heavy atom. The fourth-order valence-corrected chi connectivity index (χ4v) is 3.03. The average Bonchev–Trinajstić information content (AvgIpc) is 3.00. The number of hydrogen-bond donors (Lipinski definition) is 1. The molecular weight excluding hydrogens is 404 g/mol. The summed E-state index contributed by atoms with van der Waals surface area (Å²) in [5.74, 6) is 2.03. The second-order valence-corrected chi connectivity index (χ2v) is 6.24. The Morgan fingerprint density at radius 1 is 1.16 bits per heavy atom. The standard InChI is InChI=1S/C17H15BrN4O2S/c1-23-14-6-4-3-5-12(14)16-20-21-17(25)22(16)19-10-11-7-8-15(24-2)13(18)9-11/h3-10H,1-2H3,(H,21,25)/b19-10+. The van der Waals surface area contributed by atoms with E-state index in [4.69, 9.17) is 21.7 Å². The number of nitrogens with one attached hydrogen (secondary N) is 1. The van der Waals surface area contributed by atoms with Crippen LogP contribution in [0.3, 0.4) is 0 Å². The quantitative estimate of drug-likeness (QED) is 0.496. The van der Waals surface area contributed by atoms with Gasteiger partial charge in [0.1, 0.15) is 11.5 Å². The maximum absolute atomic E-state index is 5.39. The van der Waals surface area contributed by atoms with E-state index in [1.165, 1.54) is 0 Å². The molecule has 1 heterocycles. The molecule has 3 aromatic rings. The van der Waals surface area contributed by atoms with Gasteiger partial charge in [0.2, 0.25) is 4.77 Å². The topological polar surface area (TPSA) is 64.4 Å². The summed E-state index contributed by atoms with van der Waals surface area (Å²) in [6.45, 7) is 0. The number of aromatic amines is 1. The van der Waals surface area contributed by atoms with Crippen LogP contribution in [0.15, 0.2) is 52.0 Å². The van der Waals surface area contributed by atoms with E-state index in [9.17, 15) is 0 Å². The molecule has 0 saturated carbocycles. The van der Waals surface area contributed by atoms with Crippen LogP contribution in [0.1, 0.15) is 5.56 Å². The third-order valence-corrected chi connectivity index (χ3v) is 4.38. The van der Waals surface area contributed by atoms with Gasteiger partial charge in [0.15, 0.2) is 5.82 Å². The Hall–Kier alpha value is -2.45. The summed E-state index contributed by atoms with van der Waals surface area (Å²) in [6.07, 6.45) is 1.70. The van der Waals surface area contributed by atoms with Gasteiger partial charge in [-0.2, -0.15) is 14.9 Å². The molecule has 0 aliphatic rings. The molecule has 0 radical (unpaired) electrons. The van der Waals surface area contributed by atoms with Crippen molar-refractivity contribution in [2.24, 2.45) is 5.10 Å². The second-order valence-electron chi connectivity index (χ2n) is 5.00. The summed E-state index contributed by atoms with van der Waals surface area (Å²) in [5.41, 5.74) is 1.69. The molecule has 0 spiro atoms. The minimum absolute atomic E-state index is 0.393. The predicted octanol–water partition coefficient (Wildman–Crippen LogP) is 4.27. The van der Waals surface area contributed by atoms with Gasteiger partial charge in [0, 0.05) is 0 Å². The third-order valence-electron chi connectivity index (χ3n) is 3.50. The molecule has 128 valence electrons. The number of methoxy groups -OCH3 is 2. The first kappa shape index (κ1) is 17.4. The van der Waals surface area contributed by atoms with Crippen molar-refractivity contribution >= 4 is 34.4 Å². The maximum Gasteiger partial charge on any atom is 0.216 e. The van der Waals surface area contributed by atoms with Gasteiger partial charge in [-0.1, -0.05) is 12.1 Å². The lowest BCUT2D eigenvalue weighted by molar-refractivity contribution is 0.412. The van der Waals surface area contributed by atoms with E-state index < -0.39 is 0 Å². The first-order valence-corrected chi connectivity index (χ1v) is 8.53. The van der Waals surface area contributed by atoms with Crippen LogP contribution in [0.25, 0.3) is 11.4 Å². The molecule has 0 fully saturated rings. The smallest absolute Gasteiger partial charge is 0.216 e. The lowest BCUT2D eigenvalue weighted by Crippen LogP contribution is -1.97. The molecule has 3 rings (SSSR count). The number of H-pyrrole nitrogens is 1. The van der Waals surface area contributed by atoms with Gasteiger partial charge in [-0.15, -0.1) is 0 Å². The molecular formula is C17H15BrN4O2S. The van der Waals surface area contributed by atoms with Crippen LogP contribution in [0, 0.1) is 4.77 Å². The lowest BCUT2D eigenvalue weighted by Gasteiger charge is -2.07. The summed E-state index contributed by atoms with van der Waals surface area (Å²) in [6, 6.07) is 13.2. The van der Waals surface area contributed by atoms with Crippen LogP contribution in [-0.4, -0.2) is 35.3 Å². The zero-order valence-corrected chi connectivity index (χ0v) is 16.0. The first-order chi connectivity index (χ1) is 12.1. The average molecular weight is 419 g/mol.